The maximum Gasteiger partial charge on any atom is 0.242 e. The zero-order chi connectivity index (χ0) is 19.7. The molecule has 1 saturated heterocycles. The van der Waals surface area contributed by atoms with Crippen LogP contribution in [0.15, 0.2) is 74.6 Å². The number of aryl methyl sites for hydroxylation is 1. The third kappa shape index (κ3) is 3.44. The summed E-state index contributed by atoms with van der Waals surface area (Å²) in [6.07, 6.45) is 3.51. The molecule has 1 aromatic carbocycles. The minimum atomic E-state index is -0.859. The zero-order valence-corrected chi connectivity index (χ0v) is 17.4. The van der Waals surface area contributed by atoms with E-state index in [2.05, 4.69) is 16.8 Å². The number of thiophene rings is 1. The highest BCUT2D eigenvalue weighted by Gasteiger charge is 2.47. The molecule has 3 nitrogen and oxygen atoms in total. The summed E-state index contributed by atoms with van der Waals surface area (Å²) >= 11 is 8.84. The molecule has 1 aliphatic heterocycles. The number of ketones is 1. The van der Waals surface area contributed by atoms with E-state index in [1.807, 2.05) is 48.0 Å². The fourth-order valence-electron chi connectivity index (χ4n) is 3.36. The first-order valence-corrected chi connectivity index (χ1v) is 10.9. The van der Waals surface area contributed by atoms with Crippen molar-refractivity contribution in [1.29, 1.82) is 0 Å². The van der Waals surface area contributed by atoms with Crippen LogP contribution in [0, 0.1) is 6.92 Å². The Morgan fingerprint density at radius 1 is 1.21 bits per heavy atom. The van der Waals surface area contributed by atoms with Gasteiger partial charge in [-0.15, -0.1) is 0 Å². The molecule has 6 heteroatoms. The van der Waals surface area contributed by atoms with E-state index in [-0.39, 0.29) is 18.1 Å². The topological polar surface area (TPSA) is 46.2 Å². The van der Waals surface area contributed by atoms with Gasteiger partial charge in [0.2, 0.25) is 5.91 Å². The number of amides is 1. The Morgan fingerprint density at radius 3 is 2.64 bits per heavy atom. The molecular formula is C22H16ClNO2S2. The van der Waals surface area contributed by atoms with Crippen LogP contribution in [-0.2, 0) is 15.1 Å². The second-order valence-electron chi connectivity index (χ2n) is 6.69. The van der Waals surface area contributed by atoms with Gasteiger partial charge in [-0.3, -0.25) is 9.59 Å². The fourth-order valence-corrected chi connectivity index (χ4v) is 5.25. The number of nitrogens with one attached hydrogen (secondary N) is 1. The van der Waals surface area contributed by atoms with Crippen LogP contribution < -0.4 is 5.32 Å². The Bertz CT molecular complexity index is 1050. The summed E-state index contributed by atoms with van der Waals surface area (Å²) in [5.74, 6) is -0.449. The van der Waals surface area contributed by atoms with Gasteiger partial charge in [-0.2, -0.15) is 11.3 Å². The van der Waals surface area contributed by atoms with Gasteiger partial charge < -0.3 is 5.32 Å². The second kappa shape index (κ2) is 7.63. The normalized spacial score (nSPS) is 24.0. The number of halogens is 1. The van der Waals surface area contributed by atoms with Crippen molar-refractivity contribution in [2.24, 2.45) is 0 Å². The van der Waals surface area contributed by atoms with Crippen LogP contribution in [-0.4, -0.2) is 16.9 Å². The van der Waals surface area contributed by atoms with Crippen molar-refractivity contribution in [2.45, 2.75) is 24.1 Å². The van der Waals surface area contributed by atoms with Gasteiger partial charge >= 0.3 is 0 Å². The number of thioether (sulfide) groups is 1. The molecule has 2 heterocycles. The monoisotopic (exact) mass is 425 g/mol. The van der Waals surface area contributed by atoms with Crippen LogP contribution in [0.5, 0.6) is 0 Å². The van der Waals surface area contributed by atoms with Gasteiger partial charge in [0.05, 0.1) is 15.5 Å². The van der Waals surface area contributed by atoms with E-state index in [0.29, 0.717) is 9.94 Å². The maximum absolute atomic E-state index is 13.1. The Labute approximate surface area is 176 Å². The Hall–Kier alpha value is -2.26. The number of carbonyl (C=O) groups excluding carboxylic acids is 2. The van der Waals surface area contributed by atoms with Crippen molar-refractivity contribution in [3.05, 3.63) is 91.3 Å². The van der Waals surface area contributed by atoms with Gasteiger partial charge in [-0.1, -0.05) is 64.7 Å². The summed E-state index contributed by atoms with van der Waals surface area (Å²) in [6, 6.07) is 9.91. The van der Waals surface area contributed by atoms with E-state index in [9.17, 15) is 9.59 Å². The summed E-state index contributed by atoms with van der Waals surface area (Å²) in [6.45, 7) is 2.01. The number of hydrogen-bond donors (Lipinski definition) is 1. The molecule has 1 aromatic heterocycles. The first-order chi connectivity index (χ1) is 13.5. The maximum atomic E-state index is 13.1. The van der Waals surface area contributed by atoms with Crippen molar-refractivity contribution >= 4 is 46.4 Å². The molecule has 1 aliphatic carbocycles. The summed E-state index contributed by atoms with van der Waals surface area (Å²) in [5.41, 5.74) is 7.80. The molecule has 2 aliphatic rings. The molecule has 0 saturated carbocycles. The lowest BCUT2D eigenvalue weighted by molar-refractivity contribution is -0.132. The molecule has 2 atom stereocenters. The highest BCUT2D eigenvalue weighted by Crippen LogP contribution is 2.41. The molecule has 0 radical (unpaired) electrons. The van der Waals surface area contributed by atoms with E-state index >= 15 is 0 Å². The number of carbonyl (C=O) groups is 2. The van der Waals surface area contributed by atoms with Crippen molar-refractivity contribution < 1.29 is 9.59 Å². The van der Waals surface area contributed by atoms with Gasteiger partial charge in [0.15, 0.2) is 5.78 Å². The van der Waals surface area contributed by atoms with E-state index in [4.69, 9.17) is 11.6 Å². The average molecular weight is 426 g/mol. The number of hydrogen-bond acceptors (Lipinski definition) is 4. The van der Waals surface area contributed by atoms with E-state index in [1.165, 1.54) is 0 Å². The molecule has 1 fully saturated rings. The Morgan fingerprint density at radius 2 is 2.00 bits per heavy atom. The molecule has 4 rings (SSSR count). The number of Topliss-reactive ketones (excluding diaryl/α,β-unsaturated/α-hetero) is 1. The molecular weight excluding hydrogens is 410 g/mol. The lowest BCUT2D eigenvalue weighted by Crippen LogP contribution is -2.58. The summed E-state index contributed by atoms with van der Waals surface area (Å²) in [4.78, 5) is 26.7. The lowest BCUT2D eigenvalue weighted by atomic mass is 9.77. The minimum absolute atomic E-state index is 0.131. The van der Waals surface area contributed by atoms with Crippen LogP contribution in [0.2, 0.25) is 0 Å². The summed E-state index contributed by atoms with van der Waals surface area (Å²) in [7, 11) is 0. The summed E-state index contributed by atoms with van der Waals surface area (Å²) < 4.78 is 0. The molecule has 1 N–H and O–H groups in total. The number of allylic oxidation sites excluding steroid dienone is 3. The first kappa shape index (κ1) is 19.1. The second-order valence-corrected chi connectivity index (χ2v) is 9.00. The molecule has 140 valence electrons. The van der Waals surface area contributed by atoms with Crippen LogP contribution in [0.4, 0.5) is 0 Å². The Balaban J connectivity index is 1.70. The SMILES string of the molecule is Cc1ccc(C2(c3ccsc3)CC(=O)C(SC3=C=C=CC=C3Cl)C(=O)N2)cc1. The highest BCUT2D eigenvalue weighted by atomic mass is 35.5. The van der Waals surface area contributed by atoms with Gasteiger partial charge in [-0.25, -0.2) is 0 Å². The highest BCUT2D eigenvalue weighted by molar-refractivity contribution is 8.05. The number of piperidine rings is 1. The predicted molar refractivity (Wildman–Crippen MR) is 114 cm³/mol. The third-order valence-corrected chi connectivity index (χ3v) is 7.20. The molecule has 0 spiro atoms. The van der Waals surface area contributed by atoms with Gasteiger partial charge in [-0.05, 0) is 47.0 Å². The average Bonchev–Trinajstić information content (AvgIpc) is 3.22. The van der Waals surface area contributed by atoms with Crippen LogP contribution >= 0.6 is 34.7 Å². The van der Waals surface area contributed by atoms with E-state index < -0.39 is 10.8 Å². The quantitative estimate of drug-likeness (QED) is 0.564. The smallest absolute Gasteiger partial charge is 0.242 e. The largest absolute Gasteiger partial charge is 0.341 e. The van der Waals surface area contributed by atoms with Crippen molar-refractivity contribution in [3.63, 3.8) is 0 Å². The van der Waals surface area contributed by atoms with Crippen molar-refractivity contribution in [3.8, 4) is 0 Å². The van der Waals surface area contributed by atoms with Crippen LogP contribution in [0.25, 0.3) is 0 Å². The molecule has 2 unspecified atom stereocenters. The molecule has 28 heavy (non-hydrogen) atoms. The summed E-state index contributed by atoms with van der Waals surface area (Å²) in [5, 5.41) is 6.68. The molecule has 2 aromatic rings. The van der Waals surface area contributed by atoms with Crippen molar-refractivity contribution in [1.82, 2.24) is 5.32 Å². The van der Waals surface area contributed by atoms with Crippen LogP contribution in [0.1, 0.15) is 23.1 Å². The van der Waals surface area contributed by atoms with Crippen molar-refractivity contribution in [2.75, 3.05) is 0 Å². The first-order valence-electron chi connectivity index (χ1n) is 8.69. The van der Waals surface area contributed by atoms with Gasteiger partial charge in [0, 0.05) is 6.42 Å². The molecule has 0 bridgehead atoms. The van der Waals surface area contributed by atoms with Gasteiger partial charge in [0.25, 0.3) is 0 Å². The van der Waals surface area contributed by atoms with Gasteiger partial charge in [0.1, 0.15) is 5.25 Å². The van der Waals surface area contributed by atoms with Crippen LogP contribution in [0.3, 0.4) is 0 Å². The predicted octanol–water partition coefficient (Wildman–Crippen LogP) is 4.82. The number of benzene rings is 1. The standard InChI is InChI=1S/C22H16ClNO2S2/c1-14-6-8-15(9-7-14)22(16-10-11-27-13-16)12-18(25)20(21(26)24-22)28-19-5-3-2-4-17(19)23/h2,4,6-11,13,20H,12H2,1H3,(H,24,26). The fraction of sp³-hybridized carbons (Fsp3) is 0.182. The lowest BCUT2D eigenvalue weighted by Gasteiger charge is -2.40. The Kier molecular flexibility index (Phi) is 5.20. The minimum Gasteiger partial charge on any atom is -0.341 e. The van der Waals surface area contributed by atoms with E-state index in [0.717, 1.165) is 28.5 Å². The number of rotatable bonds is 4. The van der Waals surface area contributed by atoms with E-state index in [1.54, 1.807) is 23.5 Å². The molecule has 1 amide bonds. The third-order valence-electron chi connectivity index (χ3n) is 4.82. The zero-order valence-electron chi connectivity index (χ0n) is 15.0.